The molecule has 1 aromatic carbocycles. The van der Waals surface area contributed by atoms with Gasteiger partial charge in [-0.2, -0.15) is 0 Å². The molecule has 25 heavy (non-hydrogen) atoms. The van der Waals surface area contributed by atoms with Gasteiger partial charge in [-0.3, -0.25) is 14.9 Å². The Kier molecular flexibility index (Phi) is 5.27. The van der Waals surface area contributed by atoms with Crippen LogP contribution in [0.1, 0.15) is 22.5 Å². The van der Waals surface area contributed by atoms with Crippen molar-refractivity contribution in [2.75, 3.05) is 26.2 Å². The summed E-state index contributed by atoms with van der Waals surface area (Å²) in [5, 5.41) is 15.1. The van der Waals surface area contributed by atoms with E-state index in [0.29, 0.717) is 16.7 Å². The molecule has 2 saturated heterocycles. The zero-order valence-electron chi connectivity index (χ0n) is 13.6. The molecule has 2 fully saturated rings. The summed E-state index contributed by atoms with van der Waals surface area (Å²) >= 11 is 1.42. The third-order valence-electron chi connectivity index (χ3n) is 5.23. The van der Waals surface area contributed by atoms with Crippen LogP contribution < -0.4 is 5.32 Å². The lowest BCUT2D eigenvalue weighted by molar-refractivity contribution is -0.384. The summed E-state index contributed by atoms with van der Waals surface area (Å²) in [6, 6.07) is 6.56. The minimum absolute atomic E-state index is 0. The highest BCUT2D eigenvalue weighted by atomic mass is 35.5. The predicted molar refractivity (Wildman–Crippen MR) is 101 cm³/mol. The first kappa shape index (κ1) is 18.1. The topological polar surface area (TPSA) is 75.5 Å². The Labute approximate surface area is 155 Å². The van der Waals surface area contributed by atoms with Gasteiger partial charge < -0.3 is 10.2 Å². The summed E-state index contributed by atoms with van der Waals surface area (Å²) in [5.41, 5.74) is 0.0643. The third kappa shape index (κ3) is 3.49. The smallest absolute Gasteiger partial charge is 0.270 e. The number of amides is 1. The van der Waals surface area contributed by atoms with Crippen molar-refractivity contribution >= 4 is 45.4 Å². The molecule has 1 N–H and O–H groups in total. The molecule has 2 aromatic rings. The van der Waals surface area contributed by atoms with Gasteiger partial charge in [0.05, 0.1) is 9.80 Å². The van der Waals surface area contributed by atoms with Crippen LogP contribution in [0.2, 0.25) is 0 Å². The van der Waals surface area contributed by atoms with E-state index in [0.717, 1.165) is 49.1 Å². The molecular weight excluding hydrogens is 362 g/mol. The molecule has 8 heteroatoms. The molecule has 1 amide bonds. The predicted octanol–water partition coefficient (Wildman–Crippen LogP) is 3.30. The maximum atomic E-state index is 12.8. The van der Waals surface area contributed by atoms with Gasteiger partial charge >= 0.3 is 0 Å². The first-order valence-electron chi connectivity index (χ1n) is 8.30. The molecule has 0 aliphatic carbocycles. The molecule has 0 spiro atoms. The molecule has 0 unspecified atom stereocenters. The van der Waals surface area contributed by atoms with Gasteiger partial charge in [0.25, 0.3) is 11.6 Å². The van der Waals surface area contributed by atoms with E-state index in [-0.39, 0.29) is 24.0 Å². The van der Waals surface area contributed by atoms with E-state index < -0.39 is 4.92 Å². The van der Waals surface area contributed by atoms with Crippen LogP contribution in [0, 0.1) is 22.0 Å². The highest BCUT2D eigenvalue weighted by molar-refractivity contribution is 7.20. The standard InChI is InChI=1S/C17H19N3O3S.ClH/c21-17(19-5-3-11-9-18-10-12(11)4-6-19)16-8-13-7-14(20(22)23)1-2-15(13)24-16;/h1-2,7-8,11-12,18H,3-6,9-10H2;1H/t11-,12+;. The molecule has 4 rings (SSSR count). The zero-order chi connectivity index (χ0) is 16.7. The second-order valence-electron chi connectivity index (χ2n) is 6.64. The number of fused-ring (bicyclic) bond motifs is 2. The minimum Gasteiger partial charge on any atom is -0.338 e. The molecular formula is C17H20ClN3O3S. The van der Waals surface area contributed by atoms with Crippen molar-refractivity contribution < 1.29 is 9.72 Å². The van der Waals surface area contributed by atoms with E-state index in [9.17, 15) is 14.9 Å². The lowest BCUT2D eigenvalue weighted by atomic mass is 9.92. The fraction of sp³-hybridized carbons (Fsp3) is 0.471. The molecule has 0 saturated carbocycles. The van der Waals surface area contributed by atoms with Gasteiger partial charge in [0.2, 0.25) is 0 Å². The normalized spacial score (nSPS) is 23.0. The maximum Gasteiger partial charge on any atom is 0.270 e. The Morgan fingerprint density at radius 1 is 1.20 bits per heavy atom. The van der Waals surface area contributed by atoms with Crippen LogP contribution in [0.4, 0.5) is 5.69 Å². The summed E-state index contributed by atoms with van der Waals surface area (Å²) in [4.78, 5) is 26.0. The molecule has 134 valence electrons. The van der Waals surface area contributed by atoms with E-state index in [1.165, 1.54) is 17.4 Å². The van der Waals surface area contributed by atoms with Crippen molar-refractivity contribution in [3.05, 3.63) is 39.3 Å². The third-order valence-corrected chi connectivity index (χ3v) is 6.33. The highest BCUT2D eigenvalue weighted by Crippen LogP contribution is 2.32. The van der Waals surface area contributed by atoms with E-state index >= 15 is 0 Å². The van der Waals surface area contributed by atoms with Crippen LogP contribution in [0.5, 0.6) is 0 Å². The van der Waals surface area contributed by atoms with E-state index in [1.54, 1.807) is 18.2 Å². The molecule has 6 nitrogen and oxygen atoms in total. The molecule has 2 aliphatic rings. The fourth-order valence-corrected chi connectivity index (χ4v) is 4.84. The summed E-state index contributed by atoms with van der Waals surface area (Å²) < 4.78 is 0.917. The molecule has 3 heterocycles. The van der Waals surface area contributed by atoms with Crippen molar-refractivity contribution in [2.24, 2.45) is 11.8 Å². The number of nitro benzene ring substituents is 1. The first-order chi connectivity index (χ1) is 11.6. The minimum atomic E-state index is -0.403. The first-order valence-corrected chi connectivity index (χ1v) is 9.11. The van der Waals surface area contributed by atoms with Gasteiger partial charge in [-0.05, 0) is 49.9 Å². The summed E-state index contributed by atoms with van der Waals surface area (Å²) in [6.07, 6.45) is 2.11. The lowest BCUT2D eigenvalue weighted by Crippen LogP contribution is -2.32. The van der Waals surface area contributed by atoms with Gasteiger partial charge in [0.1, 0.15) is 0 Å². The molecule has 2 aliphatic heterocycles. The van der Waals surface area contributed by atoms with Crippen molar-refractivity contribution in [2.45, 2.75) is 12.8 Å². The Morgan fingerprint density at radius 3 is 2.52 bits per heavy atom. The second-order valence-corrected chi connectivity index (χ2v) is 7.72. The summed E-state index contributed by atoms with van der Waals surface area (Å²) in [7, 11) is 0. The number of thiophene rings is 1. The highest BCUT2D eigenvalue weighted by Gasteiger charge is 2.32. The van der Waals surface area contributed by atoms with Crippen molar-refractivity contribution in [1.82, 2.24) is 10.2 Å². The molecule has 1 aromatic heterocycles. The average molecular weight is 382 g/mol. The number of likely N-dealkylation sites (tertiary alicyclic amines) is 1. The molecule has 0 radical (unpaired) electrons. The van der Waals surface area contributed by atoms with Crippen LogP contribution in [-0.4, -0.2) is 41.9 Å². The van der Waals surface area contributed by atoms with Gasteiger partial charge in [0.15, 0.2) is 0 Å². The Morgan fingerprint density at radius 2 is 1.88 bits per heavy atom. The number of non-ortho nitro benzene ring substituents is 1. The molecule has 0 bridgehead atoms. The number of nitro groups is 1. The molecule has 2 atom stereocenters. The number of nitrogens with one attached hydrogen (secondary N) is 1. The van der Waals surface area contributed by atoms with Gasteiger partial charge in [-0.15, -0.1) is 23.7 Å². The monoisotopic (exact) mass is 381 g/mol. The largest absolute Gasteiger partial charge is 0.338 e. The van der Waals surface area contributed by atoms with Crippen LogP contribution in [0.25, 0.3) is 10.1 Å². The number of benzene rings is 1. The van der Waals surface area contributed by atoms with Crippen LogP contribution in [0.15, 0.2) is 24.3 Å². The van der Waals surface area contributed by atoms with Crippen molar-refractivity contribution in [3.8, 4) is 0 Å². The lowest BCUT2D eigenvalue weighted by Gasteiger charge is -2.20. The quantitative estimate of drug-likeness (QED) is 0.639. The van der Waals surface area contributed by atoms with Gasteiger partial charge in [-0.1, -0.05) is 0 Å². The maximum absolute atomic E-state index is 12.8. The number of nitrogens with zero attached hydrogens (tertiary/aromatic N) is 2. The van der Waals surface area contributed by atoms with Gasteiger partial charge in [0, 0.05) is 35.3 Å². The number of hydrogen-bond acceptors (Lipinski definition) is 5. The number of hydrogen-bond donors (Lipinski definition) is 1. The SMILES string of the molecule is Cl.O=C(c1cc2cc([N+](=O)[O-])ccc2s1)N1CC[C@@H]2CNC[C@@H]2CC1. The number of carbonyl (C=O) groups excluding carboxylic acids is 1. The van der Waals surface area contributed by atoms with E-state index in [4.69, 9.17) is 0 Å². The Balaban J connectivity index is 0.00000182. The Bertz CT molecular complexity index is 796. The van der Waals surface area contributed by atoms with Crippen LogP contribution >= 0.6 is 23.7 Å². The van der Waals surface area contributed by atoms with E-state index in [1.807, 2.05) is 4.90 Å². The van der Waals surface area contributed by atoms with Crippen LogP contribution in [-0.2, 0) is 0 Å². The number of halogens is 1. The second kappa shape index (κ2) is 7.27. The average Bonchev–Trinajstić information content (AvgIpc) is 3.15. The zero-order valence-corrected chi connectivity index (χ0v) is 15.3. The van der Waals surface area contributed by atoms with Crippen molar-refractivity contribution in [1.29, 1.82) is 0 Å². The summed E-state index contributed by atoms with van der Waals surface area (Å²) in [5.74, 6) is 1.44. The van der Waals surface area contributed by atoms with Crippen LogP contribution in [0.3, 0.4) is 0 Å². The number of carbonyl (C=O) groups is 1. The number of rotatable bonds is 2. The summed E-state index contributed by atoms with van der Waals surface area (Å²) in [6.45, 7) is 3.74. The fourth-order valence-electron chi connectivity index (χ4n) is 3.83. The Hall–Kier alpha value is -1.70. The van der Waals surface area contributed by atoms with E-state index in [2.05, 4.69) is 5.32 Å². The van der Waals surface area contributed by atoms with Crippen molar-refractivity contribution in [3.63, 3.8) is 0 Å². The van der Waals surface area contributed by atoms with Gasteiger partial charge in [-0.25, -0.2) is 0 Å².